The summed E-state index contributed by atoms with van der Waals surface area (Å²) in [6.07, 6.45) is 4.76. The molecule has 7 nitrogen and oxygen atoms in total. The lowest BCUT2D eigenvalue weighted by molar-refractivity contribution is -0.462. The number of ether oxygens (including phenoxy) is 3. The molecule has 0 spiro atoms. The average molecular weight is 285 g/mol. The van der Waals surface area contributed by atoms with Crippen LogP contribution < -0.4 is 5.11 Å². The third kappa shape index (κ3) is 3.96. The Bertz CT molecular complexity index is 391. The Morgan fingerprint density at radius 1 is 1.15 bits per heavy atom. The first kappa shape index (κ1) is 17.9. The van der Waals surface area contributed by atoms with E-state index in [4.69, 9.17) is 6.42 Å². The summed E-state index contributed by atoms with van der Waals surface area (Å²) in [7, 11) is 3.06. The van der Waals surface area contributed by atoms with Crippen LogP contribution in [0.1, 0.15) is 19.3 Å². The zero-order chi connectivity index (χ0) is 15.8. The number of hydrogen-bond acceptors (Lipinski definition) is 7. The molecule has 0 bridgehead atoms. The van der Waals surface area contributed by atoms with Crippen molar-refractivity contribution in [3.63, 3.8) is 0 Å². The predicted octanol–water partition coefficient (Wildman–Crippen LogP) is -0.976. The van der Waals surface area contributed by atoms with E-state index in [1.807, 2.05) is 0 Å². The zero-order valence-electron chi connectivity index (χ0n) is 11.6. The van der Waals surface area contributed by atoms with Gasteiger partial charge in [0.1, 0.15) is 0 Å². The quantitative estimate of drug-likeness (QED) is 0.256. The van der Waals surface area contributed by atoms with Crippen LogP contribution in [0.25, 0.3) is 0 Å². The molecule has 0 aromatic heterocycles. The van der Waals surface area contributed by atoms with Crippen molar-refractivity contribution in [1.29, 1.82) is 0 Å². The van der Waals surface area contributed by atoms with Gasteiger partial charge < -0.3 is 19.3 Å². The topological polar surface area (TPSA) is 102 Å². The van der Waals surface area contributed by atoms with Gasteiger partial charge in [-0.3, -0.25) is 14.4 Å². The average Bonchev–Trinajstić information content (AvgIpc) is 2.48. The van der Waals surface area contributed by atoms with Gasteiger partial charge in [0.05, 0.1) is 26.9 Å². The smallest absolute Gasteiger partial charge is 0.306 e. The van der Waals surface area contributed by atoms with Crippen LogP contribution in [0, 0.1) is 18.3 Å². The Balaban J connectivity index is 5.49. The van der Waals surface area contributed by atoms with Gasteiger partial charge >= 0.3 is 17.9 Å². The Morgan fingerprint density at radius 2 is 1.65 bits per heavy atom. The first-order valence-electron chi connectivity index (χ1n) is 5.75. The van der Waals surface area contributed by atoms with Crippen LogP contribution in [0.4, 0.5) is 0 Å². The maximum atomic E-state index is 12.6. The molecule has 112 valence electrons. The number of methoxy groups -OCH3 is 3. The summed E-state index contributed by atoms with van der Waals surface area (Å²) < 4.78 is 13.2. The van der Waals surface area contributed by atoms with E-state index in [-0.39, 0.29) is 12.8 Å². The fraction of sp³-hybridized carbons (Fsp3) is 0.615. The van der Waals surface area contributed by atoms with Crippen molar-refractivity contribution in [2.75, 3.05) is 21.3 Å². The highest BCUT2D eigenvalue weighted by molar-refractivity contribution is 6.03. The largest absolute Gasteiger partial charge is 0.833 e. The van der Waals surface area contributed by atoms with Crippen molar-refractivity contribution in [2.24, 2.45) is 5.92 Å². The molecule has 1 atom stereocenters. The second-order valence-corrected chi connectivity index (χ2v) is 3.94. The molecule has 0 aromatic rings. The van der Waals surface area contributed by atoms with Gasteiger partial charge in [0.25, 0.3) is 0 Å². The number of terminal acetylenes is 1. The minimum absolute atomic E-state index is 0.0146. The molecule has 0 saturated heterocycles. The number of esters is 3. The monoisotopic (exact) mass is 285 g/mol. The van der Waals surface area contributed by atoms with Gasteiger partial charge in [-0.15, -0.1) is 12.3 Å². The molecule has 0 fully saturated rings. The minimum atomic E-state index is -2.85. The van der Waals surface area contributed by atoms with Crippen LogP contribution in [0.2, 0.25) is 0 Å². The van der Waals surface area contributed by atoms with Crippen LogP contribution >= 0.6 is 0 Å². The summed E-state index contributed by atoms with van der Waals surface area (Å²) in [5, 5.41) is 12.6. The van der Waals surface area contributed by atoms with Crippen LogP contribution in [0.3, 0.4) is 0 Å². The molecule has 1 unspecified atom stereocenters. The Kier molecular flexibility index (Phi) is 7.33. The van der Waals surface area contributed by atoms with Crippen LogP contribution in [0.5, 0.6) is 0 Å². The Morgan fingerprint density at radius 3 is 2.00 bits per heavy atom. The van der Waals surface area contributed by atoms with Gasteiger partial charge in [-0.2, -0.15) is 0 Å². The third-order valence-electron chi connectivity index (χ3n) is 2.83. The molecule has 20 heavy (non-hydrogen) atoms. The number of hydrogen-bond donors (Lipinski definition) is 0. The second-order valence-electron chi connectivity index (χ2n) is 3.94. The van der Waals surface area contributed by atoms with Gasteiger partial charge in [0.2, 0.25) is 0 Å². The molecule has 0 radical (unpaired) electrons. The fourth-order valence-electron chi connectivity index (χ4n) is 1.71. The van der Waals surface area contributed by atoms with E-state index < -0.39 is 35.8 Å². The minimum Gasteiger partial charge on any atom is -0.833 e. The summed E-state index contributed by atoms with van der Waals surface area (Å²) >= 11 is 0. The molecule has 7 heteroatoms. The SMILES string of the molecule is C#CCCC(CC(=O)OC)C([O-])(C(=O)OC)C(=O)OC. The first-order valence-corrected chi connectivity index (χ1v) is 5.75. The number of rotatable bonds is 7. The summed E-state index contributed by atoms with van der Waals surface area (Å²) in [4.78, 5) is 34.7. The lowest BCUT2D eigenvalue weighted by Gasteiger charge is -2.40. The standard InChI is InChI=1S/C13H17O7/c1-5-6-7-9(8-10(14)18-2)13(17,11(15)19-3)12(16)20-4/h1,9H,6-8H2,2-4H3/q-1. The maximum absolute atomic E-state index is 12.6. The van der Waals surface area contributed by atoms with Crippen molar-refractivity contribution in [3.05, 3.63) is 0 Å². The summed E-state index contributed by atoms with van der Waals surface area (Å²) in [5.41, 5.74) is -2.85. The lowest BCUT2D eigenvalue weighted by Crippen LogP contribution is -2.64. The lowest BCUT2D eigenvalue weighted by atomic mass is 9.81. The normalized spacial score (nSPS) is 11.9. The molecule has 0 aromatic carbocycles. The van der Waals surface area contributed by atoms with Crippen LogP contribution in [-0.4, -0.2) is 44.8 Å². The summed E-state index contributed by atoms with van der Waals surface area (Å²) in [5.74, 6) is -2.32. The Labute approximate surface area is 117 Å². The molecule has 0 amide bonds. The molecule has 0 aliphatic heterocycles. The van der Waals surface area contributed by atoms with E-state index in [2.05, 4.69) is 20.1 Å². The first-order chi connectivity index (χ1) is 9.38. The van der Waals surface area contributed by atoms with Gasteiger partial charge in [-0.25, -0.2) is 0 Å². The highest BCUT2D eigenvalue weighted by Crippen LogP contribution is 2.26. The van der Waals surface area contributed by atoms with Gasteiger partial charge in [0, 0.05) is 12.8 Å². The fourth-order valence-corrected chi connectivity index (χ4v) is 1.71. The molecule has 0 saturated carbocycles. The highest BCUT2D eigenvalue weighted by Gasteiger charge is 2.44. The van der Waals surface area contributed by atoms with E-state index in [0.717, 1.165) is 21.3 Å². The van der Waals surface area contributed by atoms with Crippen molar-refractivity contribution < 1.29 is 33.7 Å². The summed E-state index contributed by atoms with van der Waals surface area (Å²) in [6, 6.07) is 0. The molecule has 0 aliphatic carbocycles. The van der Waals surface area contributed by atoms with E-state index in [1.165, 1.54) is 0 Å². The third-order valence-corrected chi connectivity index (χ3v) is 2.83. The molecular weight excluding hydrogens is 268 g/mol. The van der Waals surface area contributed by atoms with E-state index in [0.29, 0.717) is 0 Å². The van der Waals surface area contributed by atoms with Crippen molar-refractivity contribution >= 4 is 17.9 Å². The second kappa shape index (κ2) is 8.17. The maximum Gasteiger partial charge on any atom is 0.306 e. The van der Waals surface area contributed by atoms with Gasteiger partial charge in [0.15, 0.2) is 0 Å². The Hall–Kier alpha value is -2.07. The molecule has 0 rings (SSSR count). The molecule has 0 N–H and O–H groups in total. The van der Waals surface area contributed by atoms with Crippen LogP contribution in [0.15, 0.2) is 0 Å². The van der Waals surface area contributed by atoms with Gasteiger partial charge in [-0.1, -0.05) is 0 Å². The van der Waals surface area contributed by atoms with E-state index in [1.54, 1.807) is 0 Å². The predicted molar refractivity (Wildman–Crippen MR) is 65.0 cm³/mol. The van der Waals surface area contributed by atoms with Crippen LogP contribution in [-0.2, 0) is 28.6 Å². The van der Waals surface area contributed by atoms with Crippen molar-refractivity contribution in [3.8, 4) is 12.3 Å². The molecular formula is C13H17O7-. The highest BCUT2D eigenvalue weighted by atomic mass is 16.6. The molecule has 0 heterocycles. The van der Waals surface area contributed by atoms with Crippen molar-refractivity contribution in [2.45, 2.75) is 24.9 Å². The summed E-state index contributed by atoms with van der Waals surface area (Å²) in [6.45, 7) is 0. The number of carbonyl (C=O) groups is 3. The number of carbonyl (C=O) groups excluding carboxylic acids is 3. The zero-order valence-corrected chi connectivity index (χ0v) is 11.6. The van der Waals surface area contributed by atoms with E-state index >= 15 is 0 Å². The van der Waals surface area contributed by atoms with Gasteiger partial charge in [-0.05, 0) is 12.3 Å². The van der Waals surface area contributed by atoms with E-state index in [9.17, 15) is 19.5 Å². The molecule has 0 aliphatic rings. The van der Waals surface area contributed by atoms with Crippen molar-refractivity contribution in [1.82, 2.24) is 0 Å².